The van der Waals surface area contributed by atoms with Gasteiger partial charge in [-0.05, 0) is 35.2 Å². The Balaban J connectivity index is 1.55. The normalized spacial score (nSPS) is 21.7. The predicted molar refractivity (Wildman–Crippen MR) is 124 cm³/mol. The zero-order chi connectivity index (χ0) is 20.9. The lowest BCUT2D eigenvalue weighted by Gasteiger charge is -2.46. The van der Waals surface area contributed by atoms with Gasteiger partial charge in [-0.3, -0.25) is 9.20 Å². The molecule has 0 radical (unpaired) electrons. The number of rotatable bonds is 2. The molecule has 0 amide bonds. The summed E-state index contributed by atoms with van der Waals surface area (Å²) in [5.74, 6) is 1.42. The number of para-hydroxylation sites is 1. The van der Waals surface area contributed by atoms with E-state index in [-0.39, 0.29) is 17.5 Å². The van der Waals surface area contributed by atoms with E-state index in [0.29, 0.717) is 11.6 Å². The molecule has 0 bridgehead atoms. The van der Waals surface area contributed by atoms with E-state index in [9.17, 15) is 4.79 Å². The summed E-state index contributed by atoms with van der Waals surface area (Å²) in [7, 11) is 0. The zero-order valence-corrected chi connectivity index (χ0v) is 17.4. The van der Waals surface area contributed by atoms with E-state index < -0.39 is 0 Å². The number of anilines is 2. The number of hydrogen-bond acceptors (Lipinski definition) is 4. The molecule has 5 heteroatoms. The minimum atomic E-state index is -0.0518. The SMILES string of the molecule is C[C@@H]1c2ccccc2N[C@@H]2c3c(nc4ccccn4c3=O)N(Cc3ccccc3)C[C@@H]12. The lowest BCUT2D eigenvalue weighted by Crippen LogP contribution is -2.47. The number of pyridine rings is 1. The molecule has 2 aromatic carbocycles. The second-order valence-electron chi connectivity index (χ2n) is 8.61. The molecule has 0 spiro atoms. The van der Waals surface area contributed by atoms with Gasteiger partial charge in [0.15, 0.2) is 0 Å². The summed E-state index contributed by atoms with van der Waals surface area (Å²) in [4.78, 5) is 21.0. The fraction of sp³-hybridized carbons (Fsp3) is 0.231. The first-order valence-corrected chi connectivity index (χ1v) is 10.9. The summed E-state index contributed by atoms with van der Waals surface area (Å²) in [6.07, 6.45) is 1.82. The summed E-state index contributed by atoms with van der Waals surface area (Å²) in [5, 5.41) is 3.70. The topological polar surface area (TPSA) is 49.6 Å². The van der Waals surface area contributed by atoms with Gasteiger partial charge in [-0.1, -0.05) is 61.5 Å². The molecule has 154 valence electrons. The van der Waals surface area contributed by atoms with Crippen LogP contribution >= 0.6 is 0 Å². The molecule has 4 aromatic rings. The lowest BCUT2D eigenvalue weighted by molar-refractivity contribution is 0.354. The van der Waals surface area contributed by atoms with Crippen LogP contribution in [0.25, 0.3) is 5.65 Å². The monoisotopic (exact) mass is 408 g/mol. The van der Waals surface area contributed by atoms with Crippen molar-refractivity contribution in [3.63, 3.8) is 0 Å². The third-order valence-corrected chi connectivity index (χ3v) is 6.84. The molecule has 0 unspecified atom stereocenters. The molecule has 0 saturated heterocycles. The highest BCUT2D eigenvalue weighted by Crippen LogP contribution is 2.48. The second kappa shape index (κ2) is 6.98. The summed E-state index contributed by atoms with van der Waals surface area (Å²) in [6.45, 7) is 3.88. The van der Waals surface area contributed by atoms with Crippen molar-refractivity contribution in [2.75, 3.05) is 16.8 Å². The van der Waals surface area contributed by atoms with Gasteiger partial charge in [0.25, 0.3) is 5.56 Å². The van der Waals surface area contributed by atoms with Crippen molar-refractivity contribution in [2.45, 2.75) is 25.4 Å². The molecule has 3 atom stereocenters. The number of fused-ring (bicyclic) bond motifs is 5. The summed E-state index contributed by atoms with van der Waals surface area (Å²) >= 11 is 0. The quantitative estimate of drug-likeness (QED) is 0.527. The fourth-order valence-corrected chi connectivity index (χ4v) is 5.26. The third kappa shape index (κ3) is 2.84. The maximum atomic E-state index is 13.7. The van der Waals surface area contributed by atoms with Crippen LogP contribution in [0.3, 0.4) is 0 Å². The molecular weight excluding hydrogens is 384 g/mol. The largest absolute Gasteiger partial charge is 0.377 e. The second-order valence-corrected chi connectivity index (χ2v) is 8.61. The highest BCUT2D eigenvalue weighted by molar-refractivity contribution is 5.64. The molecular formula is C26H24N4O. The minimum Gasteiger partial charge on any atom is -0.377 e. The van der Waals surface area contributed by atoms with Gasteiger partial charge >= 0.3 is 0 Å². The van der Waals surface area contributed by atoms with E-state index in [1.54, 1.807) is 4.40 Å². The van der Waals surface area contributed by atoms with Crippen LogP contribution in [-0.2, 0) is 6.54 Å². The lowest BCUT2D eigenvalue weighted by atomic mass is 9.74. The van der Waals surface area contributed by atoms with Crippen molar-refractivity contribution < 1.29 is 0 Å². The molecule has 2 aliphatic rings. The molecule has 2 aliphatic heterocycles. The molecule has 2 aromatic heterocycles. The number of hydrogen-bond donors (Lipinski definition) is 1. The first-order valence-electron chi connectivity index (χ1n) is 10.9. The number of nitrogens with zero attached hydrogens (tertiary/aromatic N) is 3. The molecule has 0 saturated carbocycles. The number of nitrogens with one attached hydrogen (secondary N) is 1. The molecule has 4 heterocycles. The van der Waals surface area contributed by atoms with E-state index in [4.69, 9.17) is 4.98 Å². The smallest absolute Gasteiger partial charge is 0.265 e. The van der Waals surface area contributed by atoms with Crippen molar-refractivity contribution in [1.82, 2.24) is 9.38 Å². The molecule has 0 aliphatic carbocycles. The number of benzene rings is 2. The van der Waals surface area contributed by atoms with Crippen molar-refractivity contribution in [1.29, 1.82) is 0 Å². The van der Waals surface area contributed by atoms with Crippen LogP contribution in [0.4, 0.5) is 11.5 Å². The third-order valence-electron chi connectivity index (χ3n) is 6.84. The van der Waals surface area contributed by atoms with Gasteiger partial charge in [-0.25, -0.2) is 4.98 Å². The van der Waals surface area contributed by atoms with Gasteiger partial charge in [0, 0.05) is 30.9 Å². The zero-order valence-electron chi connectivity index (χ0n) is 17.4. The Kier molecular flexibility index (Phi) is 4.10. The summed E-state index contributed by atoms with van der Waals surface area (Å²) < 4.78 is 1.68. The minimum absolute atomic E-state index is 0.0208. The highest BCUT2D eigenvalue weighted by Gasteiger charge is 2.43. The van der Waals surface area contributed by atoms with Crippen molar-refractivity contribution in [3.05, 3.63) is 106 Å². The van der Waals surface area contributed by atoms with Gasteiger partial charge in [0.1, 0.15) is 11.5 Å². The molecule has 31 heavy (non-hydrogen) atoms. The summed E-state index contributed by atoms with van der Waals surface area (Å²) in [6, 6.07) is 24.6. The Hall–Kier alpha value is -3.60. The highest BCUT2D eigenvalue weighted by atomic mass is 16.1. The van der Waals surface area contributed by atoms with E-state index >= 15 is 0 Å². The molecule has 6 rings (SSSR count). The average molecular weight is 409 g/mol. The predicted octanol–water partition coefficient (Wildman–Crippen LogP) is 4.60. The Morgan fingerprint density at radius 3 is 2.65 bits per heavy atom. The van der Waals surface area contributed by atoms with Crippen LogP contribution < -0.4 is 15.8 Å². The van der Waals surface area contributed by atoms with Crippen LogP contribution in [0.1, 0.15) is 35.6 Å². The van der Waals surface area contributed by atoms with E-state index in [1.807, 2.05) is 30.5 Å². The van der Waals surface area contributed by atoms with Crippen molar-refractivity contribution in [3.8, 4) is 0 Å². The van der Waals surface area contributed by atoms with Gasteiger partial charge in [0.05, 0.1) is 11.6 Å². The van der Waals surface area contributed by atoms with E-state index in [0.717, 1.165) is 30.2 Å². The maximum absolute atomic E-state index is 13.7. The van der Waals surface area contributed by atoms with Gasteiger partial charge in [-0.2, -0.15) is 0 Å². The van der Waals surface area contributed by atoms with Crippen LogP contribution in [0.2, 0.25) is 0 Å². The van der Waals surface area contributed by atoms with E-state index in [2.05, 4.69) is 65.7 Å². The Morgan fingerprint density at radius 1 is 1.00 bits per heavy atom. The van der Waals surface area contributed by atoms with Crippen LogP contribution in [0.15, 0.2) is 83.8 Å². The van der Waals surface area contributed by atoms with Crippen molar-refractivity contribution >= 4 is 17.2 Å². The molecule has 0 fully saturated rings. The van der Waals surface area contributed by atoms with Gasteiger partial charge < -0.3 is 10.2 Å². The average Bonchev–Trinajstić information content (AvgIpc) is 2.81. The fourth-order valence-electron chi connectivity index (χ4n) is 5.26. The van der Waals surface area contributed by atoms with Crippen LogP contribution in [-0.4, -0.2) is 15.9 Å². The van der Waals surface area contributed by atoms with Gasteiger partial charge in [0.2, 0.25) is 0 Å². The Bertz CT molecular complexity index is 1330. The van der Waals surface area contributed by atoms with Crippen LogP contribution in [0.5, 0.6) is 0 Å². The standard InChI is InChI=1S/C26H24N4O/c1-17-19-11-5-6-12-21(19)27-24-20(17)16-29(15-18-9-3-2-4-10-18)25-23(24)26(31)30-14-8-7-13-22(30)28-25/h2-14,17,20,24,27H,15-16H2,1H3/t17-,20+,24+/m1/s1. The first kappa shape index (κ1) is 18.2. The number of aromatic nitrogens is 2. The van der Waals surface area contributed by atoms with Crippen LogP contribution in [0, 0.1) is 5.92 Å². The van der Waals surface area contributed by atoms with Gasteiger partial charge in [-0.15, -0.1) is 0 Å². The maximum Gasteiger partial charge on any atom is 0.265 e. The van der Waals surface area contributed by atoms with Crippen molar-refractivity contribution in [2.24, 2.45) is 5.92 Å². The molecule has 5 nitrogen and oxygen atoms in total. The Labute approximate surface area is 181 Å². The van der Waals surface area contributed by atoms with E-state index in [1.165, 1.54) is 11.1 Å². The molecule has 1 N–H and O–H groups in total. The summed E-state index contributed by atoms with van der Waals surface area (Å²) in [5.41, 5.74) is 5.15. The Morgan fingerprint density at radius 2 is 1.77 bits per heavy atom. The first-order chi connectivity index (χ1) is 15.2.